The van der Waals surface area contributed by atoms with Crippen LogP contribution in [-0.2, 0) is 28.6 Å². The van der Waals surface area contributed by atoms with Crippen LogP contribution in [0.4, 0.5) is 0 Å². The van der Waals surface area contributed by atoms with E-state index in [0.717, 1.165) is 96.3 Å². The molecule has 0 saturated carbocycles. The van der Waals surface area contributed by atoms with Crippen LogP contribution in [-0.4, -0.2) is 37.2 Å². The third kappa shape index (κ3) is 63.0. The normalized spacial score (nSPS) is 12.7. The molecule has 0 heterocycles. The van der Waals surface area contributed by atoms with Crippen molar-refractivity contribution in [2.45, 2.75) is 322 Å². The Morgan fingerprint density at radius 3 is 0.792 bits per heavy atom. The molecule has 77 heavy (non-hydrogen) atoms. The first-order chi connectivity index (χ1) is 38.0. The first-order valence-electron chi connectivity index (χ1n) is 32.7. The van der Waals surface area contributed by atoms with Gasteiger partial charge < -0.3 is 14.2 Å². The van der Waals surface area contributed by atoms with Crippen LogP contribution >= 0.6 is 0 Å². The van der Waals surface area contributed by atoms with Crippen molar-refractivity contribution in [3.63, 3.8) is 0 Å². The molecule has 1 atom stereocenters. The minimum Gasteiger partial charge on any atom is -0.462 e. The number of hydrogen-bond donors (Lipinski definition) is 0. The summed E-state index contributed by atoms with van der Waals surface area (Å²) in [5.74, 6) is -0.983. The number of carbonyl (C=O) groups is 3. The van der Waals surface area contributed by atoms with Crippen molar-refractivity contribution in [1.82, 2.24) is 0 Å². The Kier molecular flexibility index (Phi) is 61.8. The Balaban J connectivity index is 4.26. The van der Waals surface area contributed by atoms with Gasteiger partial charge in [0.15, 0.2) is 6.10 Å². The zero-order valence-corrected chi connectivity index (χ0v) is 50.7. The van der Waals surface area contributed by atoms with Crippen molar-refractivity contribution >= 4 is 17.9 Å². The van der Waals surface area contributed by atoms with Gasteiger partial charge in [-0.3, -0.25) is 14.4 Å². The standard InChI is InChI=1S/C71H122O6/c1-4-7-10-13-16-19-22-25-28-29-30-31-32-33-34-35-36-37-38-39-40-41-44-46-49-52-55-58-61-64-70(73)76-67-68(77-71(74)65-62-59-56-53-50-47-43-27-24-21-18-15-12-9-6-3)66-75-69(72)63-60-57-54-51-48-45-42-26-23-20-17-14-11-8-5-2/h8-9,11-12,17-18,20-21,26-27,42-43,48,50-51,53,68H,4-7,10,13-16,19,22-25,28-41,44-47,49,52,54-67H2,1-3H3/b11-8-,12-9-,20-17-,21-18-,42-26-,43-27-,51-48-,53-50-. The molecule has 0 aliphatic rings. The van der Waals surface area contributed by atoms with Crippen molar-refractivity contribution in [3.05, 3.63) is 97.2 Å². The van der Waals surface area contributed by atoms with Gasteiger partial charge in [-0.25, -0.2) is 0 Å². The molecule has 0 fully saturated rings. The minimum absolute atomic E-state index is 0.106. The SMILES string of the molecule is CC/C=C\C/C=C\C/C=C\C/C=C\CCCCC(=O)OCC(COC(=O)CCCCCCCCCCCCCCCCCCCCCCCCCCCCCCC)OC(=O)CCCC/C=C\C/C=C\C/C=C\C/C=C\CC. The number of carbonyl (C=O) groups excluding carboxylic acids is 3. The third-order valence-corrected chi connectivity index (χ3v) is 14.1. The lowest BCUT2D eigenvalue weighted by Gasteiger charge is -2.18. The van der Waals surface area contributed by atoms with Gasteiger partial charge in [0.2, 0.25) is 0 Å². The lowest BCUT2D eigenvalue weighted by molar-refractivity contribution is -0.167. The topological polar surface area (TPSA) is 78.9 Å². The van der Waals surface area contributed by atoms with E-state index < -0.39 is 6.10 Å². The Bertz CT molecular complexity index is 1510. The molecule has 0 aliphatic carbocycles. The summed E-state index contributed by atoms with van der Waals surface area (Å²) in [4.78, 5) is 38.2. The molecule has 0 radical (unpaired) electrons. The summed E-state index contributed by atoms with van der Waals surface area (Å²) in [5, 5.41) is 0. The van der Waals surface area contributed by atoms with E-state index in [9.17, 15) is 14.4 Å². The zero-order valence-electron chi connectivity index (χ0n) is 50.7. The number of rotatable bonds is 59. The van der Waals surface area contributed by atoms with Crippen LogP contribution in [0.5, 0.6) is 0 Å². The fourth-order valence-electron chi connectivity index (χ4n) is 9.25. The number of esters is 3. The molecule has 0 amide bonds. The van der Waals surface area contributed by atoms with Gasteiger partial charge in [-0.2, -0.15) is 0 Å². The Labute approximate surface area is 477 Å². The molecule has 442 valence electrons. The molecular weight excluding hydrogens is 949 g/mol. The molecule has 0 aromatic rings. The van der Waals surface area contributed by atoms with Crippen LogP contribution in [0.3, 0.4) is 0 Å². The molecule has 0 spiro atoms. The maximum atomic E-state index is 12.9. The predicted octanol–water partition coefficient (Wildman–Crippen LogP) is 22.4. The molecule has 6 heteroatoms. The van der Waals surface area contributed by atoms with Gasteiger partial charge in [0.25, 0.3) is 0 Å². The molecule has 0 aliphatic heterocycles. The Hall–Kier alpha value is -3.67. The average molecular weight is 1070 g/mol. The highest BCUT2D eigenvalue weighted by Crippen LogP contribution is 2.17. The zero-order chi connectivity index (χ0) is 55.7. The van der Waals surface area contributed by atoms with Crippen LogP contribution in [0.2, 0.25) is 0 Å². The molecule has 1 unspecified atom stereocenters. The second-order valence-electron chi connectivity index (χ2n) is 21.6. The van der Waals surface area contributed by atoms with Gasteiger partial charge in [0.05, 0.1) is 0 Å². The molecular formula is C71H122O6. The first-order valence-corrected chi connectivity index (χ1v) is 32.7. The van der Waals surface area contributed by atoms with Crippen LogP contribution in [0.1, 0.15) is 316 Å². The quantitative estimate of drug-likeness (QED) is 0.0261. The molecule has 0 bridgehead atoms. The van der Waals surface area contributed by atoms with Gasteiger partial charge >= 0.3 is 17.9 Å². The van der Waals surface area contributed by atoms with Gasteiger partial charge in [-0.15, -0.1) is 0 Å². The van der Waals surface area contributed by atoms with E-state index in [1.54, 1.807) is 0 Å². The number of ether oxygens (including phenoxy) is 3. The van der Waals surface area contributed by atoms with Crippen LogP contribution in [0.25, 0.3) is 0 Å². The van der Waals surface area contributed by atoms with E-state index in [4.69, 9.17) is 14.2 Å². The summed E-state index contributed by atoms with van der Waals surface area (Å²) in [6, 6.07) is 0. The van der Waals surface area contributed by atoms with Crippen molar-refractivity contribution < 1.29 is 28.6 Å². The number of hydrogen-bond acceptors (Lipinski definition) is 6. The van der Waals surface area contributed by atoms with E-state index >= 15 is 0 Å². The summed E-state index contributed by atoms with van der Waals surface area (Å²) >= 11 is 0. The highest BCUT2D eigenvalue weighted by molar-refractivity contribution is 5.71. The maximum Gasteiger partial charge on any atom is 0.306 e. The summed E-state index contributed by atoms with van der Waals surface area (Å²) in [7, 11) is 0. The van der Waals surface area contributed by atoms with Crippen molar-refractivity contribution in [3.8, 4) is 0 Å². The lowest BCUT2D eigenvalue weighted by Crippen LogP contribution is -2.30. The number of unbranched alkanes of at least 4 members (excludes halogenated alkanes) is 32. The molecule has 6 nitrogen and oxygen atoms in total. The monoisotopic (exact) mass is 1070 g/mol. The molecule has 0 rings (SSSR count). The third-order valence-electron chi connectivity index (χ3n) is 14.1. The highest BCUT2D eigenvalue weighted by Gasteiger charge is 2.19. The minimum atomic E-state index is -0.817. The van der Waals surface area contributed by atoms with Gasteiger partial charge in [0.1, 0.15) is 13.2 Å². The van der Waals surface area contributed by atoms with Crippen LogP contribution in [0.15, 0.2) is 97.2 Å². The molecule has 0 N–H and O–H groups in total. The Morgan fingerprint density at radius 1 is 0.273 bits per heavy atom. The average Bonchev–Trinajstić information content (AvgIpc) is 3.43. The van der Waals surface area contributed by atoms with Crippen molar-refractivity contribution in [2.75, 3.05) is 13.2 Å². The molecule has 0 saturated heterocycles. The van der Waals surface area contributed by atoms with Crippen LogP contribution < -0.4 is 0 Å². The van der Waals surface area contributed by atoms with E-state index in [-0.39, 0.29) is 37.5 Å². The highest BCUT2D eigenvalue weighted by atomic mass is 16.6. The smallest absolute Gasteiger partial charge is 0.306 e. The largest absolute Gasteiger partial charge is 0.462 e. The fourth-order valence-corrected chi connectivity index (χ4v) is 9.25. The first kappa shape index (κ1) is 73.3. The van der Waals surface area contributed by atoms with E-state index in [1.807, 2.05) is 0 Å². The fraction of sp³-hybridized carbons (Fsp3) is 0.732. The van der Waals surface area contributed by atoms with E-state index in [1.165, 1.54) is 167 Å². The predicted molar refractivity (Wildman–Crippen MR) is 334 cm³/mol. The summed E-state index contributed by atoms with van der Waals surface area (Å²) in [6.45, 7) is 6.37. The lowest BCUT2D eigenvalue weighted by atomic mass is 10.0. The van der Waals surface area contributed by atoms with Crippen molar-refractivity contribution in [2.24, 2.45) is 0 Å². The van der Waals surface area contributed by atoms with E-state index in [0.29, 0.717) is 25.7 Å². The summed E-state index contributed by atoms with van der Waals surface area (Å²) in [6.07, 6.45) is 87.4. The van der Waals surface area contributed by atoms with Crippen LogP contribution in [0, 0.1) is 0 Å². The summed E-state index contributed by atoms with van der Waals surface area (Å²) in [5.41, 5.74) is 0. The van der Waals surface area contributed by atoms with Crippen molar-refractivity contribution in [1.29, 1.82) is 0 Å². The van der Waals surface area contributed by atoms with Gasteiger partial charge in [-0.05, 0) is 96.3 Å². The second-order valence-corrected chi connectivity index (χ2v) is 21.6. The molecule has 0 aromatic carbocycles. The van der Waals surface area contributed by atoms with Gasteiger partial charge in [-0.1, -0.05) is 298 Å². The molecule has 0 aromatic heterocycles. The van der Waals surface area contributed by atoms with Gasteiger partial charge in [0, 0.05) is 19.3 Å². The van der Waals surface area contributed by atoms with E-state index in [2.05, 4.69) is 118 Å². The number of allylic oxidation sites excluding steroid dienone is 16. The Morgan fingerprint density at radius 2 is 0.506 bits per heavy atom. The maximum absolute atomic E-state index is 12.9. The summed E-state index contributed by atoms with van der Waals surface area (Å²) < 4.78 is 16.8. The second kappa shape index (κ2) is 64.9.